The molecule has 4 nitrogen and oxygen atoms in total. The number of fused-ring (bicyclic) bond motifs is 1. The van der Waals surface area contributed by atoms with Crippen LogP contribution in [0.15, 0.2) is 48.5 Å². The third kappa shape index (κ3) is 3.84. The highest BCUT2D eigenvalue weighted by Gasteiger charge is 2.23. The summed E-state index contributed by atoms with van der Waals surface area (Å²) in [6.45, 7) is 2.99. The van der Waals surface area contributed by atoms with Gasteiger partial charge < -0.3 is 4.90 Å². The Labute approximate surface area is 166 Å². The fourth-order valence-corrected chi connectivity index (χ4v) is 3.61. The summed E-state index contributed by atoms with van der Waals surface area (Å²) < 4.78 is 26.5. The van der Waals surface area contributed by atoms with E-state index in [0.717, 1.165) is 28.6 Å². The van der Waals surface area contributed by atoms with Crippen LogP contribution in [0.5, 0.6) is 0 Å². The number of carbonyl (C=O) groups is 1. The van der Waals surface area contributed by atoms with Crippen molar-refractivity contribution in [1.29, 1.82) is 0 Å². The van der Waals surface area contributed by atoms with Crippen molar-refractivity contribution in [2.24, 2.45) is 0 Å². The van der Waals surface area contributed by atoms with Gasteiger partial charge >= 0.3 is 0 Å². The lowest BCUT2D eigenvalue weighted by Gasteiger charge is -2.35. The smallest absolute Gasteiger partial charge is 0.254 e. The highest BCUT2D eigenvalue weighted by molar-refractivity contribution is 6.30. The minimum atomic E-state index is -1.01. The molecule has 1 fully saturated rings. The Morgan fingerprint density at radius 1 is 1.00 bits per heavy atom. The Balaban J connectivity index is 1.41. The quantitative estimate of drug-likeness (QED) is 0.619. The van der Waals surface area contributed by atoms with Crippen molar-refractivity contribution in [3.8, 4) is 0 Å². The van der Waals surface area contributed by atoms with Gasteiger partial charge in [0.1, 0.15) is 5.15 Å². The Bertz CT molecular complexity index is 1040. The Hall–Kier alpha value is -2.57. The summed E-state index contributed by atoms with van der Waals surface area (Å²) in [6.07, 6.45) is 0. The molecule has 2 heterocycles. The number of carbonyl (C=O) groups excluding carboxylic acids is 1. The number of amides is 1. The summed E-state index contributed by atoms with van der Waals surface area (Å²) in [5.41, 5.74) is 1.97. The van der Waals surface area contributed by atoms with E-state index in [9.17, 15) is 13.6 Å². The van der Waals surface area contributed by atoms with Gasteiger partial charge in [-0.3, -0.25) is 9.69 Å². The molecule has 1 saturated heterocycles. The van der Waals surface area contributed by atoms with Gasteiger partial charge in [-0.25, -0.2) is 13.8 Å². The van der Waals surface area contributed by atoms with Gasteiger partial charge in [-0.15, -0.1) is 0 Å². The van der Waals surface area contributed by atoms with Crippen LogP contribution >= 0.6 is 11.6 Å². The third-order valence-corrected chi connectivity index (χ3v) is 5.30. The van der Waals surface area contributed by atoms with Crippen LogP contribution in [0.25, 0.3) is 10.9 Å². The van der Waals surface area contributed by atoms with Crippen LogP contribution in [0.2, 0.25) is 5.15 Å². The molecule has 0 unspecified atom stereocenters. The van der Waals surface area contributed by atoms with Crippen molar-refractivity contribution in [3.05, 3.63) is 76.4 Å². The molecule has 1 aliphatic heterocycles. The summed E-state index contributed by atoms with van der Waals surface area (Å²) in [5, 5.41) is 1.52. The van der Waals surface area contributed by atoms with Crippen molar-refractivity contribution in [1.82, 2.24) is 14.8 Å². The SMILES string of the molecule is O=C(c1ccc(F)c(F)c1)N1CCN(Cc2cc3ccccc3nc2Cl)CC1. The Morgan fingerprint density at radius 3 is 2.50 bits per heavy atom. The molecule has 4 rings (SSSR count). The van der Waals surface area contributed by atoms with Crippen LogP contribution in [0, 0.1) is 11.6 Å². The van der Waals surface area contributed by atoms with E-state index in [1.807, 2.05) is 30.3 Å². The predicted octanol–water partition coefficient (Wildman–Crippen LogP) is 4.12. The van der Waals surface area contributed by atoms with Crippen LogP contribution < -0.4 is 0 Å². The summed E-state index contributed by atoms with van der Waals surface area (Å²) in [6, 6.07) is 13.1. The van der Waals surface area contributed by atoms with Crippen molar-refractivity contribution in [2.45, 2.75) is 6.54 Å². The molecule has 0 atom stereocenters. The van der Waals surface area contributed by atoms with E-state index in [2.05, 4.69) is 9.88 Å². The molecule has 0 radical (unpaired) electrons. The molecule has 3 aromatic rings. The first-order valence-corrected chi connectivity index (χ1v) is 9.40. The predicted molar refractivity (Wildman–Crippen MR) is 104 cm³/mol. The zero-order valence-electron chi connectivity index (χ0n) is 15.0. The fourth-order valence-electron chi connectivity index (χ4n) is 3.41. The van der Waals surface area contributed by atoms with Gasteiger partial charge in [0.25, 0.3) is 5.91 Å². The summed E-state index contributed by atoms with van der Waals surface area (Å²) >= 11 is 6.34. The lowest BCUT2D eigenvalue weighted by atomic mass is 10.1. The maximum absolute atomic E-state index is 13.4. The number of piperazine rings is 1. The normalized spacial score (nSPS) is 15.2. The number of rotatable bonds is 3. The Morgan fingerprint density at radius 2 is 1.75 bits per heavy atom. The van der Waals surface area contributed by atoms with E-state index in [1.54, 1.807) is 4.90 Å². The lowest BCUT2D eigenvalue weighted by Crippen LogP contribution is -2.48. The van der Waals surface area contributed by atoms with Crippen LogP contribution in [-0.4, -0.2) is 46.9 Å². The maximum atomic E-state index is 13.4. The third-order valence-electron chi connectivity index (χ3n) is 4.97. The maximum Gasteiger partial charge on any atom is 0.254 e. The number of nitrogens with zero attached hydrogens (tertiary/aromatic N) is 3. The number of hydrogen-bond acceptors (Lipinski definition) is 3. The second kappa shape index (κ2) is 7.81. The van der Waals surface area contributed by atoms with Gasteiger partial charge in [0.2, 0.25) is 0 Å². The van der Waals surface area contributed by atoms with Gasteiger partial charge in [0.15, 0.2) is 11.6 Å². The van der Waals surface area contributed by atoms with E-state index < -0.39 is 11.6 Å². The van der Waals surface area contributed by atoms with Crippen LogP contribution in [-0.2, 0) is 6.54 Å². The highest BCUT2D eigenvalue weighted by atomic mass is 35.5. The number of aromatic nitrogens is 1. The van der Waals surface area contributed by atoms with E-state index in [4.69, 9.17) is 11.6 Å². The topological polar surface area (TPSA) is 36.4 Å². The summed E-state index contributed by atoms with van der Waals surface area (Å²) in [4.78, 5) is 20.8. The van der Waals surface area contributed by atoms with E-state index >= 15 is 0 Å². The second-order valence-electron chi connectivity index (χ2n) is 6.83. The first-order valence-electron chi connectivity index (χ1n) is 9.02. The first kappa shape index (κ1) is 18.8. The lowest BCUT2D eigenvalue weighted by molar-refractivity contribution is 0.0628. The average molecular weight is 402 g/mol. The number of halogens is 3. The van der Waals surface area contributed by atoms with Crippen molar-refractivity contribution < 1.29 is 13.6 Å². The molecule has 1 aromatic heterocycles. The van der Waals surface area contributed by atoms with Crippen molar-refractivity contribution in [3.63, 3.8) is 0 Å². The van der Waals surface area contributed by atoms with Crippen molar-refractivity contribution >= 4 is 28.4 Å². The molecule has 28 heavy (non-hydrogen) atoms. The Kier molecular flexibility index (Phi) is 5.24. The molecule has 0 saturated carbocycles. The molecule has 0 aliphatic carbocycles. The van der Waals surface area contributed by atoms with Crippen LogP contribution in [0.3, 0.4) is 0 Å². The molecule has 7 heteroatoms. The molecular formula is C21H18ClF2N3O. The van der Waals surface area contributed by atoms with E-state index in [-0.39, 0.29) is 11.5 Å². The molecule has 0 bridgehead atoms. The molecule has 0 spiro atoms. The molecular weight excluding hydrogens is 384 g/mol. The second-order valence-corrected chi connectivity index (χ2v) is 7.19. The van der Waals surface area contributed by atoms with E-state index in [0.29, 0.717) is 37.9 Å². The highest BCUT2D eigenvalue weighted by Crippen LogP contribution is 2.22. The van der Waals surface area contributed by atoms with Gasteiger partial charge in [0, 0.05) is 49.2 Å². The minimum absolute atomic E-state index is 0.161. The monoisotopic (exact) mass is 401 g/mol. The minimum Gasteiger partial charge on any atom is -0.336 e. The fraction of sp³-hybridized carbons (Fsp3) is 0.238. The molecule has 1 amide bonds. The van der Waals surface area contributed by atoms with Crippen LogP contribution in [0.1, 0.15) is 15.9 Å². The molecule has 0 N–H and O–H groups in total. The van der Waals surface area contributed by atoms with Crippen LogP contribution in [0.4, 0.5) is 8.78 Å². The summed E-state index contributed by atoms with van der Waals surface area (Å²) in [5.74, 6) is -2.26. The molecule has 144 valence electrons. The number of pyridine rings is 1. The summed E-state index contributed by atoms with van der Waals surface area (Å²) in [7, 11) is 0. The standard InChI is InChI=1S/C21H18ClF2N3O/c22-20-16(11-14-3-1-2-4-19(14)25-20)13-26-7-9-27(10-8-26)21(28)15-5-6-17(23)18(24)12-15/h1-6,11-12H,7-10,13H2. The number of para-hydroxylation sites is 1. The largest absolute Gasteiger partial charge is 0.336 e. The molecule has 1 aliphatic rings. The molecule has 2 aromatic carbocycles. The van der Waals surface area contributed by atoms with E-state index in [1.165, 1.54) is 6.07 Å². The van der Waals surface area contributed by atoms with Crippen molar-refractivity contribution in [2.75, 3.05) is 26.2 Å². The first-order chi connectivity index (χ1) is 13.5. The average Bonchev–Trinajstić information content (AvgIpc) is 2.70. The van der Waals surface area contributed by atoms with Gasteiger partial charge in [0.05, 0.1) is 5.52 Å². The number of hydrogen-bond donors (Lipinski definition) is 0. The number of benzene rings is 2. The zero-order valence-corrected chi connectivity index (χ0v) is 15.8. The van der Waals surface area contributed by atoms with Gasteiger partial charge in [-0.1, -0.05) is 29.8 Å². The van der Waals surface area contributed by atoms with Gasteiger partial charge in [-0.2, -0.15) is 0 Å². The zero-order chi connectivity index (χ0) is 19.7. The van der Waals surface area contributed by atoms with Gasteiger partial charge in [-0.05, 0) is 30.3 Å².